The molecule has 2 aromatic rings. The molecule has 3 rings (SSSR count). The summed E-state index contributed by atoms with van der Waals surface area (Å²) in [6.07, 6.45) is 3.93. The molecule has 0 atom stereocenters. The largest absolute Gasteiger partial charge is 0.493 e. The van der Waals surface area contributed by atoms with Crippen LogP contribution < -0.4 is 20.1 Å². The summed E-state index contributed by atoms with van der Waals surface area (Å²) in [5, 5.41) is 4.66. The first-order valence-electron chi connectivity index (χ1n) is 8.84. The summed E-state index contributed by atoms with van der Waals surface area (Å²) in [7, 11) is 1.56. The molecule has 2 N–H and O–H groups in total. The number of nitrogens with one attached hydrogen (secondary N) is 2. The molecule has 6 heteroatoms. The van der Waals surface area contributed by atoms with Crippen LogP contribution in [0.1, 0.15) is 22.3 Å². The van der Waals surface area contributed by atoms with Crippen LogP contribution in [-0.4, -0.2) is 19.0 Å². The number of carbonyl (C=O) groups excluding carboxylic acids is 2. The molecule has 0 bridgehead atoms. The van der Waals surface area contributed by atoms with E-state index in [0.717, 1.165) is 11.1 Å². The number of methoxy groups -OCH3 is 1. The molecule has 1 aliphatic heterocycles. The number of rotatable bonds is 7. The molecule has 2 aromatic carbocycles. The van der Waals surface area contributed by atoms with Crippen LogP contribution in [0.2, 0.25) is 0 Å². The van der Waals surface area contributed by atoms with Crippen molar-refractivity contribution in [2.24, 2.45) is 0 Å². The molecule has 6 nitrogen and oxygen atoms in total. The maximum atomic E-state index is 11.8. The zero-order valence-electron chi connectivity index (χ0n) is 15.9. The van der Waals surface area contributed by atoms with Gasteiger partial charge < -0.3 is 14.8 Å². The Labute approximate surface area is 163 Å². The molecule has 1 fully saturated rings. The molecule has 1 saturated heterocycles. The van der Waals surface area contributed by atoms with Gasteiger partial charge in [-0.15, -0.1) is 6.58 Å². The highest BCUT2D eigenvalue weighted by molar-refractivity contribution is 6.14. The second-order valence-corrected chi connectivity index (χ2v) is 6.44. The smallest absolute Gasteiger partial charge is 0.326 e. The van der Waals surface area contributed by atoms with Crippen molar-refractivity contribution >= 4 is 18.0 Å². The fourth-order valence-electron chi connectivity index (χ4n) is 2.88. The summed E-state index contributed by atoms with van der Waals surface area (Å²) in [6, 6.07) is 11.2. The third-order valence-corrected chi connectivity index (χ3v) is 4.27. The van der Waals surface area contributed by atoms with E-state index < -0.39 is 11.9 Å². The first-order valence-corrected chi connectivity index (χ1v) is 8.84. The van der Waals surface area contributed by atoms with Crippen molar-refractivity contribution in [2.45, 2.75) is 20.0 Å². The Bertz CT molecular complexity index is 946. The van der Waals surface area contributed by atoms with Gasteiger partial charge in [-0.3, -0.25) is 10.1 Å². The van der Waals surface area contributed by atoms with E-state index in [4.69, 9.17) is 9.47 Å². The van der Waals surface area contributed by atoms with Gasteiger partial charge in [0.15, 0.2) is 11.5 Å². The molecule has 0 aliphatic carbocycles. The highest BCUT2D eigenvalue weighted by atomic mass is 16.5. The molecule has 28 heavy (non-hydrogen) atoms. The Morgan fingerprint density at radius 1 is 1.11 bits per heavy atom. The number of benzene rings is 2. The number of urea groups is 1. The summed E-state index contributed by atoms with van der Waals surface area (Å²) in [5.41, 5.74) is 4.01. The van der Waals surface area contributed by atoms with Crippen molar-refractivity contribution in [3.8, 4) is 11.5 Å². The Balaban J connectivity index is 1.91. The molecule has 0 unspecified atom stereocenters. The summed E-state index contributed by atoms with van der Waals surface area (Å²) in [6.45, 7) is 6.24. The molecule has 1 heterocycles. The average molecular weight is 378 g/mol. The lowest BCUT2D eigenvalue weighted by molar-refractivity contribution is -0.115. The van der Waals surface area contributed by atoms with Crippen LogP contribution >= 0.6 is 0 Å². The fourth-order valence-corrected chi connectivity index (χ4v) is 2.88. The number of ether oxygens (including phenoxy) is 2. The van der Waals surface area contributed by atoms with E-state index in [0.29, 0.717) is 30.1 Å². The van der Waals surface area contributed by atoms with Crippen LogP contribution in [0.3, 0.4) is 0 Å². The minimum absolute atomic E-state index is 0.185. The van der Waals surface area contributed by atoms with E-state index in [1.54, 1.807) is 25.3 Å². The second kappa shape index (κ2) is 8.43. The van der Waals surface area contributed by atoms with Gasteiger partial charge >= 0.3 is 6.03 Å². The van der Waals surface area contributed by atoms with E-state index in [-0.39, 0.29) is 5.70 Å². The highest BCUT2D eigenvalue weighted by Gasteiger charge is 2.23. The van der Waals surface area contributed by atoms with Crippen LogP contribution in [-0.2, 0) is 17.8 Å². The Hall–Kier alpha value is -3.54. The van der Waals surface area contributed by atoms with Gasteiger partial charge in [-0.2, -0.15) is 0 Å². The van der Waals surface area contributed by atoms with Crippen LogP contribution in [0.4, 0.5) is 4.79 Å². The van der Waals surface area contributed by atoms with Gasteiger partial charge in [0.25, 0.3) is 5.91 Å². The van der Waals surface area contributed by atoms with Crippen molar-refractivity contribution in [3.05, 3.63) is 77.0 Å². The van der Waals surface area contributed by atoms with E-state index in [2.05, 4.69) is 17.2 Å². The van der Waals surface area contributed by atoms with Gasteiger partial charge in [0, 0.05) is 5.56 Å². The van der Waals surface area contributed by atoms with Gasteiger partial charge in [0.2, 0.25) is 0 Å². The number of allylic oxidation sites excluding steroid dienone is 1. The van der Waals surface area contributed by atoms with E-state index in [9.17, 15) is 9.59 Å². The Morgan fingerprint density at radius 3 is 2.46 bits per heavy atom. The van der Waals surface area contributed by atoms with Crippen LogP contribution in [0, 0.1) is 6.92 Å². The fraction of sp³-hybridized carbons (Fsp3) is 0.182. The van der Waals surface area contributed by atoms with Gasteiger partial charge in [-0.1, -0.05) is 35.9 Å². The van der Waals surface area contributed by atoms with Gasteiger partial charge in [-0.25, -0.2) is 4.79 Å². The first-order chi connectivity index (χ1) is 13.5. The monoisotopic (exact) mass is 378 g/mol. The topological polar surface area (TPSA) is 76.7 Å². The number of hydrogen-bond donors (Lipinski definition) is 2. The third kappa shape index (κ3) is 4.40. The van der Waals surface area contributed by atoms with Crippen molar-refractivity contribution in [1.29, 1.82) is 0 Å². The number of carbonyl (C=O) groups is 2. The second-order valence-electron chi connectivity index (χ2n) is 6.44. The maximum absolute atomic E-state index is 11.8. The SMILES string of the molecule is C=CCc1cc(/C=C2/NC(=O)NC2=O)cc(OC)c1OCc1ccc(C)cc1. The predicted octanol–water partition coefficient (Wildman–Crippen LogP) is 3.49. The number of hydrogen-bond acceptors (Lipinski definition) is 4. The molecule has 0 spiro atoms. The zero-order chi connectivity index (χ0) is 20.1. The van der Waals surface area contributed by atoms with Crippen LogP contribution in [0.5, 0.6) is 11.5 Å². The number of aryl methyl sites for hydroxylation is 1. The molecule has 3 amide bonds. The Kier molecular flexibility index (Phi) is 5.79. The van der Waals surface area contributed by atoms with Gasteiger partial charge in [-0.05, 0) is 42.7 Å². The molecule has 144 valence electrons. The molecule has 0 aromatic heterocycles. The van der Waals surface area contributed by atoms with Crippen LogP contribution in [0.15, 0.2) is 54.8 Å². The summed E-state index contributed by atoms with van der Waals surface area (Å²) < 4.78 is 11.6. The maximum Gasteiger partial charge on any atom is 0.326 e. The van der Waals surface area contributed by atoms with E-state index >= 15 is 0 Å². The third-order valence-electron chi connectivity index (χ3n) is 4.27. The molecule has 1 aliphatic rings. The zero-order valence-corrected chi connectivity index (χ0v) is 15.9. The molecular weight excluding hydrogens is 356 g/mol. The minimum atomic E-state index is -0.535. The average Bonchev–Trinajstić information content (AvgIpc) is 2.99. The molecule has 0 radical (unpaired) electrons. The van der Waals surface area contributed by atoms with Gasteiger partial charge in [0.05, 0.1) is 7.11 Å². The summed E-state index contributed by atoms with van der Waals surface area (Å²) >= 11 is 0. The van der Waals surface area contributed by atoms with Crippen LogP contribution in [0.25, 0.3) is 6.08 Å². The van der Waals surface area contributed by atoms with Crippen molar-refractivity contribution < 1.29 is 19.1 Å². The predicted molar refractivity (Wildman–Crippen MR) is 107 cm³/mol. The molecule has 0 saturated carbocycles. The summed E-state index contributed by atoms with van der Waals surface area (Å²) in [5.74, 6) is 0.710. The first kappa shape index (κ1) is 19.2. The number of amides is 3. The lowest BCUT2D eigenvalue weighted by atomic mass is 10.0. The standard InChI is InChI=1S/C22H22N2O4/c1-4-5-17-10-16(11-18-21(25)24-22(26)23-18)12-19(27-3)20(17)28-13-15-8-6-14(2)7-9-15/h4,6-12H,1,5,13H2,2-3H3,(H2,23,24,25,26)/b18-11+. The van der Waals surface area contributed by atoms with Crippen molar-refractivity contribution in [3.63, 3.8) is 0 Å². The molecular formula is C22H22N2O4. The summed E-state index contributed by atoms with van der Waals surface area (Å²) in [4.78, 5) is 23.1. The van der Waals surface area contributed by atoms with Crippen molar-refractivity contribution in [2.75, 3.05) is 7.11 Å². The quantitative estimate of drug-likeness (QED) is 0.439. The van der Waals surface area contributed by atoms with Gasteiger partial charge in [0.1, 0.15) is 12.3 Å². The Morgan fingerprint density at radius 2 is 1.86 bits per heavy atom. The van der Waals surface area contributed by atoms with E-state index in [1.807, 2.05) is 37.3 Å². The van der Waals surface area contributed by atoms with Crippen molar-refractivity contribution in [1.82, 2.24) is 10.6 Å². The highest BCUT2D eigenvalue weighted by Crippen LogP contribution is 2.35. The minimum Gasteiger partial charge on any atom is -0.493 e. The normalized spacial score (nSPS) is 14.6. The number of imide groups is 1. The lowest BCUT2D eigenvalue weighted by Gasteiger charge is -2.16. The lowest BCUT2D eigenvalue weighted by Crippen LogP contribution is -2.22. The van der Waals surface area contributed by atoms with E-state index in [1.165, 1.54) is 5.56 Å².